The summed E-state index contributed by atoms with van der Waals surface area (Å²) in [4.78, 5) is 55.1. The highest BCUT2D eigenvalue weighted by atomic mass is 16.5. The molecule has 11 heteroatoms. The Morgan fingerprint density at radius 3 is 2.75 bits per heavy atom. The smallest absolute Gasteiger partial charge is 0.322 e. The molecular weight excluding hydrogens is 418 g/mol. The fourth-order valence-corrected chi connectivity index (χ4v) is 4.01. The van der Waals surface area contributed by atoms with Crippen LogP contribution in [0.25, 0.3) is 11.1 Å². The number of imide groups is 1. The van der Waals surface area contributed by atoms with Crippen molar-refractivity contribution >= 4 is 34.9 Å². The van der Waals surface area contributed by atoms with Crippen LogP contribution >= 0.6 is 0 Å². The lowest BCUT2D eigenvalue weighted by atomic mass is 9.95. The zero-order valence-electron chi connectivity index (χ0n) is 16.8. The van der Waals surface area contributed by atoms with Gasteiger partial charge in [-0.3, -0.25) is 19.7 Å². The lowest BCUT2D eigenvalue weighted by molar-refractivity contribution is -0.125. The van der Waals surface area contributed by atoms with Gasteiger partial charge in [0.2, 0.25) is 0 Å². The van der Waals surface area contributed by atoms with Gasteiger partial charge in [-0.25, -0.2) is 9.78 Å². The molecule has 0 bridgehead atoms. The number of amides is 5. The van der Waals surface area contributed by atoms with Crippen molar-refractivity contribution in [2.75, 3.05) is 13.7 Å². The molecule has 0 spiro atoms. The molecule has 1 aromatic carbocycles. The van der Waals surface area contributed by atoms with Gasteiger partial charge in [-0.05, 0) is 29.8 Å². The number of rotatable bonds is 5. The van der Waals surface area contributed by atoms with Crippen molar-refractivity contribution in [3.63, 3.8) is 0 Å². The van der Waals surface area contributed by atoms with Gasteiger partial charge in [0.25, 0.3) is 17.7 Å². The zero-order valence-corrected chi connectivity index (χ0v) is 16.8. The van der Waals surface area contributed by atoms with Gasteiger partial charge >= 0.3 is 6.03 Å². The maximum absolute atomic E-state index is 13.0. The first-order valence-corrected chi connectivity index (χ1v) is 9.61. The second-order valence-electron chi connectivity index (χ2n) is 7.55. The highest BCUT2D eigenvalue weighted by Crippen LogP contribution is 2.34. The molecule has 2 aliphatic rings. The van der Waals surface area contributed by atoms with Gasteiger partial charge in [0.15, 0.2) is 11.1 Å². The molecule has 162 valence electrons. The summed E-state index contributed by atoms with van der Waals surface area (Å²) in [7, 11) is 1.51. The summed E-state index contributed by atoms with van der Waals surface area (Å²) >= 11 is 0. The van der Waals surface area contributed by atoms with Crippen LogP contribution in [0.1, 0.15) is 32.2 Å². The first-order valence-electron chi connectivity index (χ1n) is 9.61. The molecule has 0 saturated carbocycles. The van der Waals surface area contributed by atoms with E-state index >= 15 is 0 Å². The van der Waals surface area contributed by atoms with E-state index in [9.17, 15) is 19.2 Å². The Hall–Kier alpha value is -4.41. The van der Waals surface area contributed by atoms with Crippen molar-refractivity contribution in [3.05, 3.63) is 59.0 Å². The van der Waals surface area contributed by atoms with E-state index < -0.39 is 23.4 Å². The van der Waals surface area contributed by atoms with Crippen molar-refractivity contribution in [3.8, 4) is 5.75 Å². The molecule has 2 aromatic heterocycles. The van der Waals surface area contributed by atoms with Gasteiger partial charge in [-0.15, -0.1) is 0 Å². The average Bonchev–Trinajstić information content (AvgIpc) is 3.41. The minimum atomic E-state index is -1.67. The number of carbonyl (C=O) groups excluding carboxylic acids is 4. The highest BCUT2D eigenvalue weighted by Gasteiger charge is 2.53. The minimum absolute atomic E-state index is 0.0259. The van der Waals surface area contributed by atoms with E-state index in [1.54, 1.807) is 18.2 Å². The molecule has 5 amide bonds. The molecule has 2 aliphatic heterocycles. The van der Waals surface area contributed by atoms with Crippen LogP contribution < -0.4 is 21.1 Å². The number of methoxy groups -OCH3 is 1. The van der Waals surface area contributed by atoms with Gasteiger partial charge < -0.3 is 25.1 Å². The Bertz CT molecular complexity index is 1330. The molecule has 1 fully saturated rings. The average molecular weight is 435 g/mol. The predicted molar refractivity (Wildman–Crippen MR) is 109 cm³/mol. The monoisotopic (exact) mass is 435 g/mol. The lowest BCUT2D eigenvalue weighted by Gasteiger charge is -2.28. The van der Waals surface area contributed by atoms with Crippen molar-refractivity contribution in [1.29, 1.82) is 0 Å². The van der Waals surface area contributed by atoms with E-state index in [1.165, 1.54) is 30.2 Å². The number of ether oxygens (including phenoxy) is 1. The van der Waals surface area contributed by atoms with Crippen molar-refractivity contribution in [1.82, 2.24) is 20.5 Å². The zero-order chi connectivity index (χ0) is 22.6. The van der Waals surface area contributed by atoms with E-state index in [0.717, 1.165) is 5.56 Å². The standard InChI is InChI=1S/C21H17N5O6/c1-31-11-3-2-10-8-26(18(28)12(10)6-11)9-21(19(29)24-20(30)25-21)16-7-14-15(32-16)5-4-13(23-14)17(22)27/h2-7H,8-9H2,1H3,(H2,22,27)(H2,24,25,29,30). The van der Waals surface area contributed by atoms with Crippen LogP contribution in [0.2, 0.25) is 0 Å². The molecule has 4 heterocycles. The maximum atomic E-state index is 13.0. The Morgan fingerprint density at radius 1 is 1.25 bits per heavy atom. The second kappa shape index (κ2) is 6.80. The predicted octanol–water partition coefficient (Wildman–Crippen LogP) is 0.626. The number of furan rings is 1. The maximum Gasteiger partial charge on any atom is 0.322 e. The molecule has 0 aliphatic carbocycles. The number of nitrogens with two attached hydrogens (primary N) is 1. The number of nitrogens with one attached hydrogen (secondary N) is 2. The van der Waals surface area contributed by atoms with E-state index in [0.29, 0.717) is 16.9 Å². The normalized spacial score (nSPS) is 19.8. The molecule has 32 heavy (non-hydrogen) atoms. The molecule has 1 atom stereocenters. The van der Waals surface area contributed by atoms with Gasteiger partial charge in [0, 0.05) is 18.2 Å². The molecule has 11 nitrogen and oxygen atoms in total. The molecule has 1 unspecified atom stereocenters. The Morgan fingerprint density at radius 2 is 2.06 bits per heavy atom. The molecule has 5 rings (SSSR count). The van der Waals surface area contributed by atoms with Crippen LogP contribution in [-0.4, -0.2) is 47.3 Å². The number of nitrogens with zero attached hydrogens (tertiary/aromatic N) is 2. The number of hydrogen-bond donors (Lipinski definition) is 3. The molecule has 0 radical (unpaired) electrons. The number of benzene rings is 1. The van der Waals surface area contributed by atoms with Gasteiger partial charge in [-0.2, -0.15) is 0 Å². The summed E-state index contributed by atoms with van der Waals surface area (Å²) in [5.74, 6) is -1.08. The van der Waals surface area contributed by atoms with E-state index in [-0.39, 0.29) is 36.0 Å². The second-order valence-corrected chi connectivity index (χ2v) is 7.55. The van der Waals surface area contributed by atoms with Crippen LogP contribution in [0.4, 0.5) is 4.79 Å². The Labute approximate surface area is 180 Å². The first kappa shape index (κ1) is 19.5. The van der Waals surface area contributed by atoms with E-state index in [2.05, 4.69) is 15.6 Å². The van der Waals surface area contributed by atoms with Crippen LogP contribution in [0.15, 0.2) is 40.8 Å². The van der Waals surface area contributed by atoms with E-state index in [4.69, 9.17) is 14.9 Å². The van der Waals surface area contributed by atoms with Crippen LogP contribution in [-0.2, 0) is 16.9 Å². The molecule has 3 aromatic rings. The third-order valence-electron chi connectivity index (χ3n) is 5.61. The summed E-state index contributed by atoms with van der Waals surface area (Å²) in [5.41, 5.74) is 5.44. The third kappa shape index (κ3) is 2.86. The quantitative estimate of drug-likeness (QED) is 0.496. The summed E-state index contributed by atoms with van der Waals surface area (Å²) < 4.78 is 11.0. The number of hydrogen-bond acceptors (Lipinski definition) is 7. The largest absolute Gasteiger partial charge is 0.497 e. The molecule has 4 N–H and O–H groups in total. The molecular formula is C21H17N5O6. The Balaban J connectivity index is 1.55. The summed E-state index contributed by atoms with van der Waals surface area (Å²) in [5, 5.41) is 4.80. The number of urea groups is 1. The third-order valence-corrected chi connectivity index (χ3v) is 5.61. The topological polar surface area (TPSA) is 157 Å². The summed E-state index contributed by atoms with van der Waals surface area (Å²) in [6, 6.07) is 8.78. The first-order chi connectivity index (χ1) is 15.3. The van der Waals surface area contributed by atoms with Crippen molar-refractivity contribution < 1.29 is 28.3 Å². The van der Waals surface area contributed by atoms with Gasteiger partial charge in [0.1, 0.15) is 22.7 Å². The van der Waals surface area contributed by atoms with Crippen LogP contribution in [0.5, 0.6) is 5.75 Å². The SMILES string of the molecule is COc1ccc2c(c1)C(=O)N(CC1(c3cc4nc(C(N)=O)ccc4o3)NC(=O)NC1=O)C2. The van der Waals surface area contributed by atoms with Crippen molar-refractivity contribution in [2.24, 2.45) is 5.73 Å². The van der Waals surface area contributed by atoms with Crippen LogP contribution in [0.3, 0.4) is 0 Å². The highest BCUT2D eigenvalue weighted by molar-refractivity contribution is 6.08. The fraction of sp³-hybridized carbons (Fsp3) is 0.190. The number of primary amides is 1. The summed E-state index contributed by atoms with van der Waals surface area (Å²) in [6.07, 6.45) is 0. The van der Waals surface area contributed by atoms with E-state index in [1.807, 2.05) is 0 Å². The van der Waals surface area contributed by atoms with Gasteiger partial charge in [0.05, 0.1) is 13.7 Å². The number of aromatic nitrogens is 1. The van der Waals surface area contributed by atoms with Gasteiger partial charge in [-0.1, -0.05) is 6.07 Å². The number of carbonyl (C=O) groups is 4. The Kier molecular flexibility index (Phi) is 4.16. The van der Waals surface area contributed by atoms with Crippen LogP contribution in [0, 0.1) is 0 Å². The minimum Gasteiger partial charge on any atom is -0.497 e. The van der Waals surface area contributed by atoms with Crippen molar-refractivity contribution in [2.45, 2.75) is 12.1 Å². The fourth-order valence-electron chi connectivity index (χ4n) is 4.01. The summed E-state index contributed by atoms with van der Waals surface area (Å²) in [6.45, 7) is 0.0657. The number of fused-ring (bicyclic) bond motifs is 2. The molecule has 1 saturated heterocycles. The lowest BCUT2D eigenvalue weighted by Crippen LogP contribution is -2.52. The number of pyridine rings is 1.